The van der Waals surface area contributed by atoms with Crippen LogP contribution in [-0.2, 0) is 16.1 Å². The van der Waals surface area contributed by atoms with Gasteiger partial charge in [-0.15, -0.1) is 0 Å². The van der Waals surface area contributed by atoms with Crippen molar-refractivity contribution in [3.63, 3.8) is 0 Å². The molecular weight excluding hydrogens is 322 g/mol. The van der Waals surface area contributed by atoms with Crippen LogP contribution in [0.5, 0.6) is 0 Å². The van der Waals surface area contributed by atoms with E-state index in [1.807, 2.05) is 24.4 Å². The first-order chi connectivity index (χ1) is 12.1. The molecular formula is C18H21N3O4. The van der Waals surface area contributed by atoms with Crippen molar-refractivity contribution in [2.75, 3.05) is 20.3 Å². The number of carbonyl (C=O) groups is 2. The van der Waals surface area contributed by atoms with Crippen LogP contribution in [-0.4, -0.2) is 57.5 Å². The molecule has 7 nitrogen and oxygen atoms in total. The molecule has 1 N–H and O–H groups in total. The smallest absolute Gasteiger partial charge is 0.332 e. The van der Waals surface area contributed by atoms with E-state index in [1.54, 1.807) is 23.0 Å². The summed E-state index contributed by atoms with van der Waals surface area (Å²) in [6.07, 6.45) is 4.64. The maximum atomic E-state index is 12.9. The number of nitrogens with zero attached hydrogens (tertiary/aromatic N) is 3. The molecule has 1 unspecified atom stereocenters. The lowest BCUT2D eigenvalue weighted by Crippen LogP contribution is -2.56. The molecule has 2 aromatic rings. The number of carbonyl (C=O) groups excluding carboxylic acids is 1. The van der Waals surface area contributed by atoms with E-state index in [1.165, 1.54) is 12.0 Å². The number of carboxylic acid groups (broad SMARTS) is 1. The summed E-state index contributed by atoms with van der Waals surface area (Å²) < 4.78 is 6.90. The Morgan fingerprint density at radius 1 is 1.32 bits per heavy atom. The number of ether oxygens (including phenoxy) is 1. The first-order valence-electron chi connectivity index (χ1n) is 8.17. The van der Waals surface area contributed by atoms with Crippen LogP contribution in [0, 0.1) is 0 Å². The van der Waals surface area contributed by atoms with Crippen LogP contribution in [0.15, 0.2) is 42.7 Å². The summed E-state index contributed by atoms with van der Waals surface area (Å²) in [5.41, 5.74) is 0.218. The largest absolute Gasteiger partial charge is 0.479 e. The average molecular weight is 343 g/mol. The first kappa shape index (κ1) is 17.2. The Hall–Kier alpha value is -2.67. The highest BCUT2D eigenvalue weighted by Crippen LogP contribution is 2.31. The summed E-state index contributed by atoms with van der Waals surface area (Å²) in [5.74, 6) is -1.29. The van der Waals surface area contributed by atoms with Crippen LogP contribution in [0.25, 0.3) is 0 Å². The van der Waals surface area contributed by atoms with Gasteiger partial charge in [-0.3, -0.25) is 9.48 Å². The summed E-state index contributed by atoms with van der Waals surface area (Å²) in [5, 5.41) is 13.8. The third kappa shape index (κ3) is 3.28. The number of amides is 1. The summed E-state index contributed by atoms with van der Waals surface area (Å²) in [6.45, 7) is 1.03. The molecule has 1 aromatic heterocycles. The zero-order valence-electron chi connectivity index (χ0n) is 14.1. The molecule has 1 aromatic carbocycles. The Labute approximate surface area is 145 Å². The standard InChI is InChI=1S/C18H21N3O4/c1-25-13-18(17(23)24)8-2-11-21(18)16(22)15-6-4-14(5-7-15)12-20-10-3-9-19-20/h3-7,9-10H,2,8,11-13H2,1H3,(H,23,24). The van der Waals surface area contributed by atoms with Gasteiger partial charge in [0.05, 0.1) is 13.2 Å². The van der Waals surface area contributed by atoms with E-state index in [-0.39, 0.29) is 12.5 Å². The van der Waals surface area contributed by atoms with Crippen molar-refractivity contribution >= 4 is 11.9 Å². The fourth-order valence-corrected chi connectivity index (χ4v) is 3.34. The Morgan fingerprint density at radius 3 is 2.68 bits per heavy atom. The molecule has 2 heterocycles. The number of hydrogen-bond acceptors (Lipinski definition) is 4. The van der Waals surface area contributed by atoms with Crippen molar-refractivity contribution in [3.05, 3.63) is 53.9 Å². The van der Waals surface area contributed by atoms with Crippen LogP contribution in [0.2, 0.25) is 0 Å². The summed E-state index contributed by atoms with van der Waals surface area (Å²) >= 11 is 0. The molecule has 7 heteroatoms. The van der Waals surface area contributed by atoms with Gasteiger partial charge in [0, 0.05) is 31.6 Å². The lowest BCUT2D eigenvalue weighted by Gasteiger charge is -2.34. The second-order valence-corrected chi connectivity index (χ2v) is 6.23. The minimum atomic E-state index is -1.28. The quantitative estimate of drug-likeness (QED) is 0.862. The lowest BCUT2D eigenvalue weighted by molar-refractivity contribution is -0.151. The molecule has 1 amide bonds. The monoisotopic (exact) mass is 343 g/mol. The van der Waals surface area contributed by atoms with Gasteiger partial charge in [-0.1, -0.05) is 12.1 Å². The first-order valence-corrected chi connectivity index (χ1v) is 8.17. The fraction of sp³-hybridized carbons (Fsp3) is 0.389. The third-order valence-electron chi connectivity index (χ3n) is 4.62. The molecule has 25 heavy (non-hydrogen) atoms. The van der Waals surface area contributed by atoms with Crippen molar-refractivity contribution in [1.29, 1.82) is 0 Å². The average Bonchev–Trinajstić information content (AvgIpc) is 3.25. The molecule has 0 aliphatic carbocycles. The van der Waals surface area contributed by atoms with Crippen molar-refractivity contribution < 1.29 is 19.4 Å². The normalized spacial score (nSPS) is 20.0. The van der Waals surface area contributed by atoms with E-state index in [2.05, 4.69) is 5.10 Å². The van der Waals surface area contributed by atoms with Crippen molar-refractivity contribution in [1.82, 2.24) is 14.7 Å². The molecule has 1 saturated heterocycles. The van der Waals surface area contributed by atoms with Gasteiger partial charge >= 0.3 is 5.97 Å². The molecule has 1 aliphatic rings. The molecule has 0 spiro atoms. The predicted molar refractivity (Wildman–Crippen MR) is 90.3 cm³/mol. The van der Waals surface area contributed by atoms with Gasteiger partial charge < -0.3 is 14.7 Å². The second kappa shape index (κ2) is 7.06. The van der Waals surface area contributed by atoms with Crippen LogP contribution < -0.4 is 0 Å². The Kier molecular flexibility index (Phi) is 4.85. The van der Waals surface area contributed by atoms with Crippen LogP contribution in [0.1, 0.15) is 28.8 Å². The van der Waals surface area contributed by atoms with Gasteiger partial charge in [-0.05, 0) is 36.6 Å². The minimum Gasteiger partial charge on any atom is -0.479 e. The fourth-order valence-electron chi connectivity index (χ4n) is 3.34. The number of aliphatic carboxylic acids is 1. The van der Waals surface area contributed by atoms with E-state index >= 15 is 0 Å². The number of aromatic nitrogens is 2. The Bertz CT molecular complexity index is 742. The lowest BCUT2D eigenvalue weighted by atomic mass is 9.96. The molecule has 1 aliphatic heterocycles. The van der Waals surface area contributed by atoms with Gasteiger partial charge in [0.15, 0.2) is 5.54 Å². The van der Waals surface area contributed by atoms with Gasteiger partial charge in [0.25, 0.3) is 5.91 Å². The number of methoxy groups -OCH3 is 1. The highest BCUT2D eigenvalue weighted by atomic mass is 16.5. The predicted octanol–water partition coefficient (Wildman–Crippen LogP) is 1.64. The second-order valence-electron chi connectivity index (χ2n) is 6.23. The van der Waals surface area contributed by atoms with E-state index in [0.29, 0.717) is 31.5 Å². The van der Waals surface area contributed by atoms with E-state index in [4.69, 9.17) is 4.74 Å². The van der Waals surface area contributed by atoms with E-state index in [9.17, 15) is 14.7 Å². The van der Waals surface area contributed by atoms with Crippen LogP contribution >= 0.6 is 0 Å². The van der Waals surface area contributed by atoms with Gasteiger partial charge in [-0.2, -0.15) is 5.10 Å². The zero-order chi connectivity index (χ0) is 17.9. The van der Waals surface area contributed by atoms with Crippen molar-refractivity contribution in [2.24, 2.45) is 0 Å². The number of hydrogen-bond donors (Lipinski definition) is 1. The van der Waals surface area contributed by atoms with Gasteiger partial charge in [-0.25, -0.2) is 4.79 Å². The molecule has 1 fully saturated rings. The number of carboxylic acids is 1. The summed E-state index contributed by atoms with van der Waals surface area (Å²) in [7, 11) is 1.45. The van der Waals surface area contributed by atoms with Crippen molar-refractivity contribution in [2.45, 2.75) is 24.9 Å². The molecule has 3 rings (SSSR count). The number of benzene rings is 1. The maximum absolute atomic E-state index is 12.9. The van der Waals surface area contributed by atoms with Crippen molar-refractivity contribution in [3.8, 4) is 0 Å². The SMILES string of the molecule is COCC1(C(=O)O)CCCN1C(=O)c1ccc(Cn2cccn2)cc1. The van der Waals surface area contributed by atoms with Crippen LogP contribution in [0.4, 0.5) is 0 Å². The summed E-state index contributed by atoms with van der Waals surface area (Å²) in [4.78, 5) is 26.1. The Balaban J connectivity index is 1.79. The van der Waals surface area contributed by atoms with E-state index in [0.717, 1.165) is 5.56 Å². The Morgan fingerprint density at radius 2 is 2.08 bits per heavy atom. The highest BCUT2D eigenvalue weighted by molar-refractivity contribution is 5.98. The molecule has 0 saturated carbocycles. The topological polar surface area (TPSA) is 84.7 Å². The molecule has 1 atom stereocenters. The minimum absolute atomic E-state index is 0.00848. The van der Waals surface area contributed by atoms with Crippen LogP contribution in [0.3, 0.4) is 0 Å². The molecule has 132 valence electrons. The van der Waals surface area contributed by atoms with E-state index < -0.39 is 11.5 Å². The van der Waals surface area contributed by atoms with Gasteiger partial charge in [0.2, 0.25) is 0 Å². The highest BCUT2D eigenvalue weighted by Gasteiger charge is 2.50. The van der Waals surface area contributed by atoms with Gasteiger partial charge in [0.1, 0.15) is 0 Å². The number of likely N-dealkylation sites (tertiary alicyclic amines) is 1. The molecule has 0 bridgehead atoms. The maximum Gasteiger partial charge on any atom is 0.332 e. The molecule has 0 radical (unpaired) electrons. The summed E-state index contributed by atoms with van der Waals surface area (Å²) in [6, 6.07) is 9.05. The third-order valence-corrected chi connectivity index (χ3v) is 4.62. The number of rotatable bonds is 6. The zero-order valence-corrected chi connectivity index (χ0v) is 14.1.